The summed E-state index contributed by atoms with van der Waals surface area (Å²) in [6.45, 7) is 2.23. The highest BCUT2D eigenvalue weighted by molar-refractivity contribution is 6.06. The molecule has 3 N–H and O–H groups in total. The molecule has 2 rings (SSSR count). The highest BCUT2D eigenvalue weighted by Gasteiger charge is 2.10. The summed E-state index contributed by atoms with van der Waals surface area (Å²) in [5, 5.41) is 2.91. The zero-order chi connectivity index (χ0) is 14.4. The van der Waals surface area contributed by atoms with Crippen molar-refractivity contribution < 1.29 is 4.79 Å². The maximum absolute atomic E-state index is 12.3. The van der Waals surface area contributed by atoms with Crippen molar-refractivity contribution in [1.82, 2.24) is 0 Å². The lowest BCUT2D eigenvalue weighted by Crippen LogP contribution is -2.14. The predicted molar refractivity (Wildman–Crippen MR) is 81.5 cm³/mol. The second-order valence-electron chi connectivity index (χ2n) is 4.32. The highest BCUT2D eigenvalue weighted by atomic mass is 16.1. The van der Waals surface area contributed by atoms with Gasteiger partial charge in [-0.25, -0.2) is 0 Å². The van der Waals surface area contributed by atoms with E-state index >= 15 is 0 Å². The minimum Gasteiger partial charge on any atom is -0.322 e. The number of para-hydroxylation sites is 1. The quantitative estimate of drug-likeness (QED) is 0.819. The zero-order valence-electron chi connectivity index (χ0n) is 11.3. The number of hydrogen-bond acceptors (Lipinski definition) is 2. The van der Waals surface area contributed by atoms with Crippen molar-refractivity contribution in [3.05, 3.63) is 65.2 Å². The van der Waals surface area contributed by atoms with Crippen molar-refractivity contribution in [3.63, 3.8) is 0 Å². The Morgan fingerprint density at radius 1 is 1.15 bits per heavy atom. The number of hydrogen-bond donors (Lipinski definition) is 2. The van der Waals surface area contributed by atoms with Gasteiger partial charge in [-0.05, 0) is 30.7 Å². The average Bonchev–Trinajstić information content (AvgIpc) is 2.47. The standard InChI is InChI=1S/C17H16N2O/c1-13-7-2-5-11-16(13)19-17(20)15-10-4-3-8-14(15)9-6-12-18/h2-5,7-8,10-11H,12,18H2,1H3,(H,19,20). The molecular formula is C17H16N2O. The van der Waals surface area contributed by atoms with Crippen LogP contribution in [0.5, 0.6) is 0 Å². The molecule has 0 spiro atoms. The molecule has 3 heteroatoms. The fourth-order valence-corrected chi connectivity index (χ4v) is 1.84. The fourth-order valence-electron chi connectivity index (χ4n) is 1.84. The van der Waals surface area contributed by atoms with Crippen LogP contribution < -0.4 is 11.1 Å². The van der Waals surface area contributed by atoms with Gasteiger partial charge >= 0.3 is 0 Å². The summed E-state index contributed by atoms with van der Waals surface area (Å²) in [5.74, 6) is 5.53. The van der Waals surface area contributed by atoms with Gasteiger partial charge in [-0.1, -0.05) is 42.2 Å². The number of nitrogens with two attached hydrogens (primary N) is 1. The Morgan fingerprint density at radius 2 is 1.85 bits per heavy atom. The average molecular weight is 264 g/mol. The summed E-state index contributed by atoms with van der Waals surface area (Å²) < 4.78 is 0. The van der Waals surface area contributed by atoms with Crippen molar-refractivity contribution in [2.45, 2.75) is 6.92 Å². The molecule has 0 heterocycles. The molecule has 0 bridgehead atoms. The Balaban J connectivity index is 2.28. The molecule has 0 unspecified atom stereocenters. The third-order valence-corrected chi connectivity index (χ3v) is 2.89. The predicted octanol–water partition coefficient (Wildman–Crippen LogP) is 2.56. The summed E-state index contributed by atoms with van der Waals surface area (Å²) in [4.78, 5) is 12.3. The second kappa shape index (κ2) is 6.55. The van der Waals surface area contributed by atoms with E-state index in [2.05, 4.69) is 17.2 Å². The molecule has 1 amide bonds. The van der Waals surface area contributed by atoms with Gasteiger partial charge in [0.25, 0.3) is 5.91 Å². The van der Waals surface area contributed by atoms with Crippen LogP contribution in [-0.4, -0.2) is 12.5 Å². The van der Waals surface area contributed by atoms with Gasteiger partial charge in [-0.3, -0.25) is 4.79 Å². The first-order valence-electron chi connectivity index (χ1n) is 6.37. The van der Waals surface area contributed by atoms with Gasteiger partial charge in [0.2, 0.25) is 0 Å². The van der Waals surface area contributed by atoms with Crippen molar-refractivity contribution in [3.8, 4) is 11.8 Å². The lowest BCUT2D eigenvalue weighted by atomic mass is 10.1. The number of aryl methyl sites for hydroxylation is 1. The van der Waals surface area contributed by atoms with E-state index in [1.165, 1.54) is 0 Å². The van der Waals surface area contributed by atoms with Crippen LogP contribution >= 0.6 is 0 Å². The maximum atomic E-state index is 12.3. The Hall–Kier alpha value is -2.57. The first kappa shape index (κ1) is 13.9. The van der Waals surface area contributed by atoms with Crippen LogP contribution in [0.3, 0.4) is 0 Å². The molecule has 20 heavy (non-hydrogen) atoms. The number of benzene rings is 2. The molecule has 0 radical (unpaired) electrons. The van der Waals surface area contributed by atoms with Crippen molar-refractivity contribution in [1.29, 1.82) is 0 Å². The molecule has 0 fully saturated rings. The molecule has 2 aromatic rings. The largest absolute Gasteiger partial charge is 0.322 e. The molecule has 0 aliphatic heterocycles. The Labute approximate surface area is 118 Å². The Bertz CT molecular complexity index is 681. The van der Waals surface area contributed by atoms with Crippen molar-refractivity contribution in [2.75, 3.05) is 11.9 Å². The number of amides is 1. The SMILES string of the molecule is Cc1ccccc1NC(=O)c1ccccc1C#CCN. The lowest BCUT2D eigenvalue weighted by Gasteiger charge is -2.09. The molecule has 100 valence electrons. The van der Waals surface area contributed by atoms with Crippen LogP contribution in [-0.2, 0) is 0 Å². The van der Waals surface area contributed by atoms with E-state index in [4.69, 9.17) is 5.73 Å². The van der Waals surface area contributed by atoms with Crippen LogP contribution in [0.15, 0.2) is 48.5 Å². The topological polar surface area (TPSA) is 55.1 Å². The summed E-state index contributed by atoms with van der Waals surface area (Å²) in [5.41, 5.74) is 8.43. The van der Waals surface area contributed by atoms with Crippen LogP contribution in [0.1, 0.15) is 21.5 Å². The van der Waals surface area contributed by atoms with E-state index in [0.29, 0.717) is 11.1 Å². The number of carbonyl (C=O) groups is 1. The van der Waals surface area contributed by atoms with Crippen LogP contribution in [0.2, 0.25) is 0 Å². The van der Waals surface area contributed by atoms with E-state index in [0.717, 1.165) is 11.3 Å². The van der Waals surface area contributed by atoms with E-state index in [1.54, 1.807) is 6.07 Å². The number of rotatable bonds is 2. The molecule has 0 aromatic heterocycles. The van der Waals surface area contributed by atoms with Crippen molar-refractivity contribution >= 4 is 11.6 Å². The van der Waals surface area contributed by atoms with Gasteiger partial charge < -0.3 is 11.1 Å². The minimum atomic E-state index is -0.166. The molecule has 0 saturated carbocycles. The van der Waals surface area contributed by atoms with Crippen LogP contribution in [0.4, 0.5) is 5.69 Å². The maximum Gasteiger partial charge on any atom is 0.256 e. The highest BCUT2D eigenvalue weighted by Crippen LogP contribution is 2.16. The van der Waals surface area contributed by atoms with E-state index in [9.17, 15) is 4.79 Å². The van der Waals surface area contributed by atoms with E-state index < -0.39 is 0 Å². The molecule has 0 aliphatic rings. The lowest BCUT2D eigenvalue weighted by molar-refractivity contribution is 0.102. The molecule has 2 aromatic carbocycles. The summed E-state index contributed by atoms with van der Waals surface area (Å²) >= 11 is 0. The number of carbonyl (C=O) groups excluding carboxylic acids is 1. The van der Waals surface area contributed by atoms with Gasteiger partial charge in [-0.15, -0.1) is 0 Å². The minimum absolute atomic E-state index is 0.166. The second-order valence-corrected chi connectivity index (χ2v) is 4.32. The summed E-state index contributed by atoms with van der Waals surface area (Å²) in [7, 11) is 0. The number of anilines is 1. The normalized spacial score (nSPS) is 9.50. The van der Waals surface area contributed by atoms with Gasteiger partial charge in [-0.2, -0.15) is 0 Å². The third-order valence-electron chi connectivity index (χ3n) is 2.89. The fraction of sp³-hybridized carbons (Fsp3) is 0.118. The monoisotopic (exact) mass is 264 g/mol. The van der Waals surface area contributed by atoms with Gasteiger partial charge in [0.15, 0.2) is 0 Å². The molecular weight excluding hydrogens is 248 g/mol. The van der Waals surface area contributed by atoms with Gasteiger partial charge in [0.1, 0.15) is 0 Å². The Kier molecular flexibility index (Phi) is 4.54. The van der Waals surface area contributed by atoms with Crippen molar-refractivity contribution in [2.24, 2.45) is 5.73 Å². The van der Waals surface area contributed by atoms with Crippen LogP contribution in [0.25, 0.3) is 0 Å². The molecule has 0 saturated heterocycles. The molecule has 0 aliphatic carbocycles. The first-order chi connectivity index (χ1) is 9.72. The zero-order valence-corrected chi connectivity index (χ0v) is 11.3. The molecule has 3 nitrogen and oxygen atoms in total. The Morgan fingerprint density at radius 3 is 2.60 bits per heavy atom. The third kappa shape index (κ3) is 3.25. The van der Waals surface area contributed by atoms with Gasteiger partial charge in [0, 0.05) is 11.3 Å². The van der Waals surface area contributed by atoms with Gasteiger partial charge in [0.05, 0.1) is 12.1 Å². The first-order valence-corrected chi connectivity index (χ1v) is 6.37. The summed E-state index contributed by atoms with van der Waals surface area (Å²) in [6, 6.07) is 14.9. The van der Waals surface area contributed by atoms with E-state index in [-0.39, 0.29) is 12.5 Å². The summed E-state index contributed by atoms with van der Waals surface area (Å²) in [6.07, 6.45) is 0. The smallest absolute Gasteiger partial charge is 0.256 e. The molecule has 0 atom stereocenters. The number of nitrogens with one attached hydrogen (secondary N) is 1. The van der Waals surface area contributed by atoms with Crippen LogP contribution in [0, 0.1) is 18.8 Å². The van der Waals surface area contributed by atoms with E-state index in [1.807, 2.05) is 49.4 Å².